The molecule has 0 radical (unpaired) electrons. The van der Waals surface area contributed by atoms with Gasteiger partial charge in [0.15, 0.2) is 0 Å². The molecule has 1 unspecified atom stereocenters. The van der Waals surface area contributed by atoms with Crippen molar-refractivity contribution in [2.24, 2.45) is 5.73 Å². The van der Waals surface area contributed by atoms with Crippen molar-refractivity contribution in [1.29, 1.82) is 0 Å². The van der Waals surface area contributed by atoms with E-state index in [0.717, 1.165) is 12.2 Å². The van der Waals surface area contributed by atoms with Crippen LogP contribution in [0.25, 0.3) is 0 Å². The number of rotatable bonds is 7. The van der Waals surface area contributed by atoms with Crippen LogP contribution < -0.4 is 10.5 Å². The Morgan fingerprint density at radius 3 is 2.43 bits per heavy atom. The minimum Gasteiger partial charge on any atom is -0.492 e. The van der Waals surface area contributed by atoms with Gasteiger partial charge in [0.05, 0.1) is 12.1 Å². The number of nitrogens with zero attached hydrogens (tertiary/aromatic N) is 1. The summed E-state index contributed by atoms with van der Waals surface area (Å²) in [5.41, 5.74) is 6.45. The summed E-state index contributed by atoms with van der Waals surface area (Å²) in [4.78, 5) is 13.8. The highest BCUT2D eigenvalue weighted by Gasteiger charge is 2.29. The van der Waals surface area contributed by atoms with Gasteiger partial charge in [-0.05, 0) is 32.4 Å². The van der Waals surface area contributed by atoms with Crippen LogP contribution >= 0.6 is 12.4 Å². The Morgan fingerprint density at radius 2 is 1.90 bits per heavy atom. The summed E-state index contributed by atoms with van der Waals surface area (Å²) in [6.45, 7) is 6.85. The standard InChI is InChI=1S/C16H26N2O2.ClH/c1-5-10-16(3,17)15(19)18(4)11-12-20-14-8-6-13(2)7-9-14;/h6-9H,5,10-12,17H2,1-4H3;1H. The van der Waals surface area contributed by atoms with Crippen molar-refractivity contribution in [3.8, 4) is 5.75 Å². The Kier molecular flexibility index (Phi) is 8.37. The molecule has 2 N–H and O–H groups in total. The summed E-state index contributed by atoms with van der Waals surface area (Å²) < 4.78 is 5.62. The summed E-state index contributed by atoms with van der Waals surface area (Å²) >= 11 is 0. The molecule has 0 heterocycles. The predicted octanol–water partition coefficient (Wildman–Crippen LogP) is 2.77. The Hall–Kier alpha value is -1.26. The molecule has 0 aliphatic carbocycles. The Balaban J connectivity index is 0.00000400. The summed E-state index contributed by atoms with van der Waals surface area (Å²) in [5, 5.41) is 0. The first-order valence-electron chi connectivity index (χ1n) is 7.10. The van der Waals surface area contributed by atoms with Crippen LogP contribution in [0.15, 0.2) is 24.3 Å². The van der Waals surface area contributed by atoms with E-state index in [0.29, 0.717) is 19.6 Å². The first-order valence-corrected chi connectivity index (χ1v) is 7.10. The number of nitrogens with two attached hydrogens (primary N) is 1. The number of aryl methyl sites for hydroxylation is 1. The zero-order valence-corrected chi connectivity index (χ0v) is 14.2. The molecule has 4 nitrogen and oxygen atoms in total. The fourth-order valence-electron chi connectivity index (χ4n) is 2.10. The van der Waals surface area contributed by atoms with Crippen LogP contribution in [0.3, 0.4) is 0 Å². The predicted molar refractivity (Wildman–Crippen MR) is 89.1 cm³/mol. The van der Waals surface area contributed by atoms with Crippen LogP contribution in [-0.2, 0) is 4.79 Å². The average molecular weight is 315 g/mol. The third kappa shape index (κ3) is 6.36. The van der Waals surface area contributed by atoms with Crippen molar-refractivity contribution in [3.05, 3.63) is 29.8 Å². The van der Waals surface area contributed by atoms with Crippen LogP contribution in [0.5, 0.6) is 5.75 Å². The molecule has 1 aromatic rings. The van der Waals surface area contributed by atoms with Gasteiger partial charge < -0.3 is 15.4 Å². The Bertz CT molecular complexity index is 432. The maximum atomic E-state index is 12.2. The van der Waals surface area contributed by atoms with E-state index in [1.54, 1.807) is 18.9 Å². The number of carbonyl (C=O) groups excluding carboxylic acids is 1. The first kappa shape index (κ1) is 19.7. The van der Waals surface area contributed by atoms with Gasteiger partial charge in [0.2, 0.25) is 5.91 Å². The molecule has 5 heteroatoms. The normalized spacial score (nSPS) is 13.0. The van der Waals surface area contributed by atoms with Gasteiger partial charge in [-0.2, -0.15) is 0 Å². The second-order valence-electron chi connectivity index (χ2n) is 5.56. The SMILES string of the molecule is CCCC(C)(N)C(=O)N(C)CCOc1ccc(C)cc1.Cl. The fraction of sp³-hybridized carbons (Fsp3) is 0.562. The van der Waals surface area contributed by atoms with E-state index >= 15 is 0 Å². The van der Waals surface area contributed by atoms with E-state index in [-0.39, 0.29) is 18.3 Å². The van der Waals surface area contributed by atoms with Gasteiger partial charge in [-0.15, -0.1) is 12.4 Å². The first-order chi connectivity index (χ1) is 9.36. The van der Waals surface area contributed by atoms with Crippen LogP contribution in [0.4, 0.5) is 0 Å². The van der Waals surface area contributed by atoms with E-state index < -0.39 is 5.54 Å². The summed E-state index contributed by atoms with van der Waals surface area (Å²) in [7, 11) is 1.77. The minimum atomic E-state index is -0.784. The van der Waals surface area contributed by atoms with Gasteiger partial charge in [-0.1, -0.05) is 31.0 Å². The molecule has 0 fully saturated rings. The molecule has 0 spiro atoms. The minimum absolute atomic E-state index is 0. The summed E-state index contributed by atoms with van der Waals surface area (Å²) in [6, 6.07) is 7.87. The van der Waals surface area contributed by atoms with Gasteiger partial charge in [0.1, 0.15) is 12.4 Å². The van der Waals surface area contributed by atoms with Crippen molar-refractivity contribution >= 4 is 18.3 Å². The number of amides is 1. The van der Waals surface area contributed by atoms with Crippen molar-refractivity contribution in [3.63, 3.8) is 0 Å². The number of halogens is 1. The van der Waals surface area contributed by atoms with Crippen molar-refractivity contribution in [1.82, 2.24) is 4.90 Å². The molecule has 1 rings (SSSR count). The molecule has 0 aliphatic heterocycles. The lowest BCUT2D eigenvalue weighted by Gasteiger charge is -2.28. The molecule has 0 saturated heterocycles. The lowest BCUT2D eigenvalue weighted by Crippen LogP contribution is -2.52. The van der Waals surface area contributed by atoms with Crippen LogP contribution in [0.2, 0.25) is 0 Å². The van der Waals surface area contributed by atoms with Gasteiger partial charge in [-0.25, -0.2) is 0 Å². The van der Waals surface area contributed by atoms with E-state index in [4.69, 9.17) is 10.5 Å². The zero-order chi connectivity index (χ0) is 15.2. The highest BCUT2D eigenvalue weighted by atomic mass is 35.5. The topological polar surface area (TPSA) is 55.6 Å². The second-order valence-corrected chi connectivity index (χ2v) is 5.56. The van der Waals surface area contributed by atoms with Crippen LogP contribution in [0.1, 0.15) is 32.3 Å². The van der Waals surface area contributed by atoms with Gasteiger partial charge in [0.25, 0.3) is 0 Å². The number of likely N-dealkylation sites (N-methyl/N-ethyl adjacent to an activating group) is 1. The molecule has 0 bridgehead atoms. The molecular formula is C16H27ClN2O2. The molecule has 0 aliphatic rings. The number of hydrogen-bond donors (Lipinski definition) is 1. The summed E-state index contributed by atoms with van der Waals surface area (Å²) in [5.74, 6) is 0.785. The molecule has 1 aromatic carbocycles. The smallest absolute Gasteiger partial charge is 0.242 e. The maximum Gasteiger partial charge on any atom is 0.242 e. The maximum absolute atomic E-state index is 12.2. The van der Waals surface area contributed by atoms with Crippen LogP contribution in [0, 0.1) is 6.92 Å². The third-order valence-corrected chi connectivity index (χ3v) is 3.32. The van der Waals surface area contributed by atoms with Gasteiger partial charge in [0, 0.05) is 7.05 Å². The quantitative estimate of drug-likeness (QED) is 0.842. The van der Waals surface area contributed by atoms with E-state index in [1.807, 2.05) is 38.1 Å². The highest BCUT2D eigenvalue weighted by molar-refractivity contribution is 5.85. The van der Waals surface area contributed by atoms with E-state index in [9.17, 15) is 4.79 Å². The van der Waals surface area contributed by atoms with Gasteiger partial charge >= 0.3 is 0 Å². The number of benzene rings is 1. The van der Waals surface area contributed by atoms with E-state index in [1.165, 1.54) is 5.56 Å². The summed E-state index contributed by atoms with van der Waals surface area (Å²) in [6.07, 6.45) is 1.58. The van der Waals surface area contributed by atoms with Crippen molar-refractivity contribution in [2.75, 3.05) is 20.2 Å². The largest absolute Gasteiger partial charge is 0.492 e. The molecule has 1 atom stereocenters. The number of carbonyl (C=O) groups is 1. The molecule has 120 valence electrons. The van der Waals surface area contributed by atoms with Gasteiger partial charge in [-0.3, -0.25) is 4.79 Å². The Labute approximate surface area is 134 Å². The average Bonchev–Trinajstić information content (AvgIpc) is 2.40. The van der Waals surface area contributed by atoms with E-state index in [2.05, 4.69) is 0 Å². The fourth-order valence-corrected chi connectivity index (χ4v) is 2.10. The highest BCUT2D eigenvalue weighted by Crippen LogP contribution is 2.13. The molecular weight excluding hydrogens is 288 g/mol. The molecule has 0 aromatic heterocycles. The monoisotopic (exact) mass is 314 g/mol. The van der Waals surface area contributed by atoms with Crippen LogP contribution in [-0.4, -0.2) is 36.5 Å². The molecule has 0 saturated carbocycles. The number of hydrogen-bond acceptors (Lipinski definition) is 3. The van der Waals surface area contributed by atoms with Crippen molar-refractivity contribution < 1.29 is 9.53 Å². The Morgan fingerprint density at radius 1 is 1.33 bits per heavy atom. The number of ether oxygens (including phenoxy) is 1. The second kappa shape index (κ2) is 8.90. The van der Waals surface area contributed by atoms with Crippen molar-refractivity contribution in [2.45, 2.75) is 39.2 Å². The third-order valence-electron chi connectivity index (χ3n) is 3.32. The molecule has 1 amide bonds. The molecule has 21 heavy (non-hydrogen) atoms. The lowest BCUT2D eigenvalue weighted by atomic mass is 9.96. The zero-order valence-electron chi connectivity index (χ0n) is 13.4. The lowest BCUT2D eigenvalue weighted by molar-refractivity contribution is -0.135.